The molecule has 0 bridgehead atoms. The van der Waals surface area contributed by atoms with Gasteiger partial charge in [-0.15, -0.1) is 6.58 Å². The molecule has 1 N–H and O–H groups in total. The predicted octanol–water partition coefficient (Wildman–Crippen LogP) is 5.69. The van der Waals surface area contributed by atoms with E-state index in [0.29, 0.717) is 12.8 Å². The number of benzene rings is 1. The van der Waals surface area contributed by atoms with Crippen molar-refractivity contribution in [3.8, 4) is 0 Å². The molecule has 0 aromatic heterocycles. The summed E-state index contributed by atoms with van der Waals surface area (Å²) in [7, 11) is -2.08. The monoisotopic (exact) mass is 420 g/mol. The Hall–Kier alpha value is -1.47. The van der Waals surface area contributed by atoms with Gasteiger partial charge in [0.1, 0.15) is 6.10 Å². The van der Waals surface area contributed by atoms with Crippen LogP contribution in [0.2, 0.25) is 18.1 Å². The van der Waals surface area contributed by atoms with E-state index in [4.69, 9.17) is 13.9 Å². The normalized spacial score (nSPS) is 26.3. The van der Waals surface area contributed by atoms with Crippen LogP contribution >= 0.6 is 0 Å². The molecule has 29 heavy (non-hydrogen) atoms. The third-order valence-corrected chi connectivity index (χ3v) is 10.7. The van der Waals surface area contributed by atoms with Crippen molar-refractivity contribution in [2.24, 2.45) is 0 Å². The predicted molar refractivity (Wildman–Crippen MR) is 117 cm³/mol. The number of aliphatic carboxylic acids is 1. The number of hydrogen-bond acceptors (Lipinski definition) is 4. The molecule has 0 amide bonds. The third kappa shape index (κ3) is 6.01. The molecule has 0 radical (unpaired) electrons. The molecule has 1 heterocycles. The van der Waals surface area contributed by atoms with E-state index in [1.54, 1.807) is 6.08 Å². The Bertz CT molecular complexity index is 697. The molecule has 1 aromatic rings. The fourth-order valence-corrected chi connectivity index (χ4v) is 4.71. The van der Waals surface area contributed by atoms with Crippen LogP contribution in [0.15, 0.2) is 43.0 Å². The Morgan fingerprint density at radius 1 is 1.34 bits per heavy atom. The summed E-state index contributed by atoms with van der Waals surface area (Å²) in [5.74, 6) is -0.843. The van der Waals surface area contributed by atoms with Crippen molar-refractivity contribution in [2.75, 3.05) is 0 Å². The molecule has 1 fully saturated rings. The third-order valence-electron chi connectivity index (χ3n) is 6.17. The van der Waals surface area contributed by atoms with Crippen molar-refractivity contribution in [3.05, 3.63) is 48.6 Å². The zero-order valence-electron chi connectivity index (χ0n) is 18.6. The first-order chi connectivity index (χ1) is 13.4. The van der Waals surface area contributed by atoms with Gasteiger partial charge < -0.3 is 19.0 Å². The van der Waals surface area contributed by atoms with Gasteiger partial charge in [0.25, 0.3) is 0 Å². The van der Waals surface area contributed by atoms with Crippen molar-refractivity contribution in [1.29, 1.82) is 0 Å². The van der Waals surface area contributed by atoms with Crippen LogP contribution in [-0.4, -0.2) is 37.2 Å². The van der Waals surface area contributed by atoms with E-state index in [-0.39, 0.29) is 23.7 Å². The summed E-state index contributed by atoms with van der Waals surface area (Å²) in [6.07, 6.45) is 1.89. The summed E-state index contributed by atoms with van der Waals surface area (Å²) in [6, 6.07) is 9.82. The zero-order chi connectivity index (χ0) is 21.9. The lowest BCUT2D eigenvalue weighted by Gasteiger charge is -2.39. The van der Waals surface area contributed by atoms with Crippen LogP contribution in [0, 0.1) is 0 Å². The van der Waals surface area contributed by atoms with Gasteiger partial charge in [0, 0.05) is 5.56 Å². The molecule has 0 spiro atoms. The minimum absolute atomic E-state index is 0.00961. The van der Waals surface area contributed by atoms with Crippen molar-refractivity contribution >= 4 is 14.3 Å². The minimum atomic E-state index is -2.08. The van der Waals surface area contributed by atoms with E-state index in [1.165, 1.54) is 0 Å². The summed E-state index contributed by atoms with van der Waals surface area (Å²) in [6.45, 7) is 16.7. The molecule has 0 saturated carbocycles. The first-order valence-electron chi connectivity index (χ1n) is 10.3. The molecule has 1 aliphatic heterocycles. The quantitative estimate of drug-likeness (QED) is 0.411. The topological polar surface area (TPSA) is 65.0 Å². The largest absolute Gasteiger partial charge is 0.481 e. The molecule has 4 atom stereocenters. The van der Waals surface area contributed by atoms with E-state index < -0.39 is 26.2 Å². The highest BCUT2D eigenvalue weighted by Gasteiger charge is 2.46. The second-order valence-electron chi connectivity index (χ2n) is 9.60. The molecule has 1 aromatic carbocycles. The van der Waals surface area contributed by atoms with Gasteiger partial charge in [-0.1, -0.05) is 57.2 Å². The number of carboxylic acid groups (broad SMARTS) is 1. The van der Waals surface area contributed by atoms with E-state index in [2.05, 4.69) is 40.4 Å². The van der Waals surface area contributed by atoms with Gasteiger partial charge in [-0.25, -0.2) is 0 Å². The Morgan fingerprint density at radius 3 is 2.48 bits per heavy atom. The van der Waals surface area contributed by atoms with Gasteiger partial charge in [-0.2, -0.15) is 0 Å². The van der Waals surface area contributed by atoms with Gasteiger partial charge in [0.2, 0.25) is 0 Å². The number of rotatable bonds is 9. The van der Waals surface area contributed by atoms with E-state index in [0.717, 1.165) is 5.56 Å². The lowest BCUT2D eigenvalue weighted by molar-refractivity contribution is -0.139. The molecule has 6 heteroatoms. The highest BCUT2D eigenvalue weighted by atomic mass is 28.4. The second kappa shape index (κ2) is 9.12. The van der Waals surface area contributed by atoms with E-state index in [9.17, 15) is 9.90 Å². The van der Waals surface area contributed by atoms with Crippen molar-refractivity contribution < 1.29 is 23.8 Å². The molecule has 1 saturated heterocycles. The number of ether oxygens (including phenoxy) is 2. The molecular weight excluding hydrogens is 384 g/mol. The average molecular weight is 421 g/mol. The van der Waals surface area contributed by atoms with Gasteiger partial charge in [-0.05, 0) is 37.9 Å². The Labute approximate surface area is 176 Å². The van der Waals surface area contributed by atoms with E-state index in [1.807, 2.05) is 37.3 Å². The Balaban J connectivity index is 2.11. The number of hydrogen-bond donors (Lipinski definition) is 1. The minimum Gasteiger partial charge on any atom is -0.481 e. The highest BCUT2D eigenvalue weighted by Crippen LogP contribution is 2.43. The molecular formula is C23H36O5Si. The molecule has 0 aliphatic carbocycles. The first-order valence-corrected chi connectivity index (χ1v) is 13.2. The maximum absolute atomic E-state index is 11.4. The van der Waals surface area contributed by atoms with Gasteiger partial charge in [0.15, 0.2) is 14.6 Å². The van der Waals surface area contributed by atoms with Crippen molar-refractivity contribution in [2.45, 2.75) is 89.2 Å². The SMILES string of the molecule is C=C[C@@H]1O[C@H](c2ccccc2)O[C@]1(C)CC[C@@H](CC(=O)O)O[Si](C)(C)C(C)(C)C. The molecule has 1 aliphatic rings. The maximum atomic E-state index is 11.4. The van der Waals surface area contributed by atoms with Gasteiger partial charge >= 0.3 is 5.97 Å². The fourth-order valence-electron chi connectivity index (χ4n) is 3.32. The summed E-state index contributed by atoms with van der Waals surface area (Å²) >= 11 is 0. The van der Waals surface area contributed by atoms with Gasteiger partial charge in [0.05, 0.1) is 18.1 Å². The number of carboxylic acids is 1. The van der Waals surface area contributed by atoms with E-state index >= 15 is 0 Å². The Morgan fingerprint density at radius 2 is 1.97 bits per heavy atom. The number of carbonyl (C=O) groups is 1. The standard InChI is InChI=1S/C23H36O5Si/c1-8-19-23(5,27-21(26-19)17-12-10-9-11-13-17)15-14-18(16-20(24)25)28-29(6,7)22(2,3)4/h8-13,18-19,21H,1,14-16H2,2-7H3,(H,24,25)/t18-,19-,21-,23+/m0/s1. The lowest BCUT2D eigenvalue weighted by atomic mass is 9.91. The zero-order valence-corrected chi connectivity index (χ0v) is 19.6. The van der Waals surface area contributed by atoms with Crippen LogP contribution in [0.25, 0.3) is 0 Å². The van der Waals surface area contributed by atoms with Crippen LogP contribution < -0.4 is 0 Å². The molecule has 5 nitrogen and oxygen atoms in total. The first kappa shape index (κ1) is 23.8. The molecule has 0 unspecified atom stereocenters. The van der Waals surface area contributed by atoms with Crippen LogP contribution in [0.1, 0.15) is 58.8 Å². The molecule has 162 valence electrons. The Kier molecular flexibility index (Phi) is 7.49. The van der Waals surface area contributed by atoms with Crippen molar-refractivity contribution in [1.82, 2.24) is 0 Å². The smallest absolute Gasteiger partial charge is 0.305 e. The summed E-state index contributed by atoms with van der Waals surface area (Å²) in [5, 5.41) is 9.41. The van der Waals surface area contributed by atoms with Crippen LogP contribution in [0.5, 0.6) is 0 Å². The molecule has 2 rings (SSSR count). The summed E-state index contributed by atoms with van der Waals surface area (Å²) in [5.41, 5.74) is 0.373. The van der Waals surface area contributed by atoms with Crippen LogP contribution in [-0.2, 0) is 18.7 Å². The van der Waals surface area contributed by atoms with Gasteiger partial charge in [-0.3, -0.25) is 4.79 Å². The average Bonchev–Trinajstić information content (AvgIpc) is 2.96. The summed E-state index contributed by atoms with van der Waals surface area (Å²) in [4.78, 5) is 11.4. The highest BCUT2D eigenvalue weighted by molar-refractivity contribution is 6.74. The van der Waals surface area contributed by atoms with Crippen LogP contribution in [0.4, 0.5) is 0 Å². The summed E-state index contributed by atoms with van der Waals surface area (Å²) < 4.78 is 18.8. The maximum Gasteiger partial charge on any atom is 0.305 e. The second-order valence-corrected chi connectivity index (χ2v) is 14.4. The van der Waals surface area contributed by atoms with Crippen LogP contribution in [0.3, 0.4) is 0 Å². The lowest BCUT2D eigenvalue weighted by Crippen LogP contribution is -2.45. The van der Waals surface area contributed by atoms with Crippen molar-refractivity contribution in [3.63, 3.8) is 0 Å². The fraction of sp³-hybridized carbons (Fsp3) is 0.609.